The molecule has 1 unspecified atom stereocenters. The van der Waals surface area contributed by atoms with Crippen LogP contribution >= 0.6 is 0 Å². The highest BCUT2D eigenvalue weighted by Gasteiger charge is 2.25. The lowest BCUT2D eigenvalue weighted by atomic mass is 9.92. The number of rotatable bonds is 6. The molecule has 0 saturated heterocycles. The molecule has 1 aliphatic rings. The van der Waals surface area contributed by atoms with E-state index in [0.717, 1.165) is 38.1 Å². The van der Waals surface area contributed by atoms with Gasteiger partial charge >= 0.3 is 0 Å². The molecule has 4 nitrogen and oxygen atoms in total. The van der Waals surface area contributed by atoms with Crippen LogP contribution in [-0.4, -0.2) is 22.1 Å². The van der Waals surface area contributed by atoms with E-state index < -0.39 is 0 Å². The van der Waals surface area contributed by atoms with E-state index in [1.807, 2.05) is 7.05 Å². The molecule has 0 bridgehead atoms. The summed E-state index contributed by atoms with van der Waals surface area (Å²) in [5.41, 5.74) is 2.39. The molecule has 1 atom stereocenters. The van der Waals surface area contributed by atoms with Crippen LogP contribution in [0.15, 0.2) is 0 Å². The van der Waals surface area contributed by atoms with Gasteiger partial charge in [-0.15, -0.1) is 0 Å². The van der Waals surface area contributed by atoms with Crippen LogP contribution < -0.4 is 5.32 Å². The van der Waals surface area contributed by atoms with Gasteiger partial charge in [0.05, 0.1) is 11.8 Å². The van der Waals surface area contributed by atoms with Gasteiger partial charge in [-0.25, -0.2) is 4.98 Å². The van der Waals surface area contributed by atoms with E-state index in [0.29, 0.717) is 0 Å². The smallest absolute Gasteiger partial charge is 0.106 e. The molecule has 0 saturated carbocycles. The first-order valence-corrected chi connectivity index (χ1v) is 7.81. The maximum Gasteiger partial charge on any atom is 0.106 e. The molecule has 0 radical (unpaired) electrons. The standard InChI is InChI=1S/C16H26N4/c1-4-16(12-17,18-3)10-7-11-20-13(2)19-14-8-5-6-9-15(14)20/h18H,4-11H2,1-3H3. The van der Waals surface area contributed by atoms with Crippen molar-refractivity contribution >= 4 is 0 Å². The Labute approximate surface area is 122 Å². The van der Waals surface area contributed by atoms with E-state index >= 15 is 0 Å². The Morgan fingerprint density at radius 1 is 1.40 bits per heavy atom. The van der Waals surface area contributed by atoms with Gasteiger partial charge in [0, 0.05) is 12.2 Å². The Morgan fingerprint density at radius 2 is 2.15 bits per heavy atom. The quantitative estimate of drug-likeness (QED) is 0.868. The summed E-state index contributed by atoms with van der Waals surface area (Å²) in [5.74, 6) is 1.14. The first kappa shape index (κ1) is 15.1. The van der Waals surface area contributed by atoms with Gasteiger partial charge in [0.25, 0.3) is 0 Å². The largest absolute Gasteiger partial charge is 0.332 e. The second-order valence-corrected chi connectivity index (χ2v) is 5.81. The molecule has 0 aliphatic heterocycles. The van der Waals surface area contributed by atoms with Crippen LogP contribution in [0.3, 0.4) is 0 Å². The zero-order chi connectivity index (χ0) is 14.6. The van der Waals surface area contributed by atoms with E-state index in [1.165, 1.54) is 30.7 Å². The zero-order valence-electron chi connectivity index (χ0n) is 13.0. The average molecular weight is 274 g/mol. The minimum Gasteiger partial charge on any atom is -0.332 e. The normalized spacial score (nSPS) is 17.3. The highest BCUT2D eigenvalue weighted by atomic mass is 15.1. The summed E-state index contributed by atoms with van der Waals surface area (Å²) < 4.78 is 2.38. The van der Waals surface area contributed by atoms with Crippen molar-refractivity contribution in [1.29, 1.82) is 5.26 Å². The summed E-state index contributed by atoms with van der Waals surface area (Å²) in [7, 11) is 1.89. The number of imidazole rings is 1. The van der Waals surface area contributed by atoms with Crippen LogP contribution in [0.4, 0.5) is 0 Å². The van der Waals surface area contributed by atoms with Crippen molar-refractivity contribution in [3.8, 4) is 6.07 Å². The van der Waals surface area contributed by atoms with E-state index in [9.17, 15) is 5.26 Å². The predicted molar refractivity (Wildman–Crippen MR) is 80.5 cm³/mol. The summed E-state index contributed by atoms with van der Waals surface area (Å²) in [6.07, 6.45) is 7.62. The topological polar surface area (TPSA) is 53.6 Å². The van der Waals surface area contributed by atoms with Crippen molar-refractivity contribution in [3.63, 3.8) is 0 Å². The van der Waals surface area contributed by atoms with Crippen molar-refractivity contribution in [3.05, 3.63) is 17.2 Å². The average Bonchev–Trinajstić information content (AvgIpc) is 2.80. The van der Waals surface area contributed by atoms with E-state index in [4.69, 9.17) is 4.98 Å². The molecule has 2 rings (SSSR count). The first-order valence-electron chi connectivity index (χ1n) is 7.81. The lowest BCUT2D eigenvalue weighted by Crippen LogP contribution is -2.40. The van der Waals surface area contributed by atoms with Crippen LogP contribution in [0.25, 0.3) is 0 Å². The molecule has 110 valence electrons. The highest BCUT2D eigenvalue weighted by molar-refractivity contribution is 5.19. The molecule has 0 spiro atoms. The van der Waals surface area contributed by atoms with Crippen LogP contribution in [0, 0.1) is 18.3 Å². The minimum atomic E-state index is -0.367. The molecule has 20 heavy (non-hydrogen) atoms. The number of aromatic nitrogens is 2. The molecule has 1 aromatic heterocycles. The van der Waals surface area contributed by atoms with Gasteiger partial charge in [-0.1, -0.05) is 6.92 Å². The summed E-state index contributed by atoms with van der Waals surface area (Å²) in [6, 6.07) is 2.44. The summed E-state index contributed by atoms with van der Waals surface area (Å²) in [4.78, 5) is 4.71. The van der Waals surface area contributed by atoms with Gasteiger partial charge < -0.3 is 9.88 Å². The van der Waals surface area contributed by atoms with E-state index in [-0.39, 0.29) is 5.54 Å². The third-order valence-corrected chi connectivity index (χ3v) is 4.70. The molecular formula is C16H26N4. The van der Waals surface area contributed by atoms with Crippen LogP contribution in [-0.2, 0) is 19.4 Å². The number of fused-ring (bicyclic) bond motifs is 1. The Bertz CT molecular complexity index is 491. The molecule has 1 aliphatic carbocycles. The number of aryl methyl sites for hydroxylation is 2. The molecule has 0 amide bonds. The fourth-order valence-electron chi connectivity index (χ4n) is 3.24. The fraction of sp³-hybridized carbons (Fsp3) is 0.750. The van der Waals surface area contributed by atoms with Gasteiger partial charge in [0.2, 0.25) is 0 Å². The zero-order valence-corrected chi connectivity index (χ0v) is 13.0. The van der Waals surface area contributed by atoms with Gasteiger partial charge in [-0.3, -0.25) is 0 Å². The lowest BCUT2D eigenvalue weighted by molar-refractivity contribution is 0.377. The predicted octanol–water partition coefficient (Wildman–Crippen LogP) is 2.74. The molecule has 1 aromatic rings. The van der Waals surface area contributed by atoms with Crippen LogP contribution in [0.1, 0.15) is 56.2 Å². The van der Waals surface area contributed by atoms with Crippen molar-refractivity contribution in [2.75, 3.05) is 7.05 Å². The van der Waals surface area contributed by atoms with Crippen LogP contribution in [0.5, 0.6) is 0 Å². The summed E-state index contributed by atoms with van der Waals surface area (Å²) in [6.45, 7) is 5.16. The van der Waals surface area contributed by atoms with E-state index in [1.54, 1.807) is 0 Å². The van der Waals surface area contributed by atoms with Gasteiger partial charge in [-0.2, -0.15) is 5.26 Å². The molecule has 0 fully saturated rings. The number of hydrogen-bond acceptors (Lipinski definition) is 3. The van der Waals surface area contributed by atoms with Gasteiger partial charge in [0.1, 0.15) is 11.4 Å². The van der Waals surface area contributed by atoms with Crippen LogP contribution in [0.2, 0.25) is 0 Å². The molecule has 1 heterocycles. The van der Waals surface area contributed by atoms with Gasteiger partial charge in [-0.05, 0) is 58.9 Å². The number of hydrogen-bond donors (Lipinski definition) is 1. The summed E-state index contributed by atoms with van der Waals surface area (Å²) in [5, 5.41) is 12.5. The van der Waals surface area contributed by atoms with Crippen molar-refractivity contribution in [2.24, 2.45) is 0 Å². The molecule has 1 N–H and O–H groups in total. The SMILES string of the molecule is CCC(C#N)(CCCn1c(C)nc2c1CCCC2)NC. The Morgan fingerprint density at radius 3 is 2.80 bits per heavy atom. The minimum absolute atomic E-state index is 0.367. The Hall–Kier alpha value is -1.34. The third kappa shape index (κ3) is 2.88. The lowest BCUT2D eigenvalue weighted by Gasteiger charge is -2.25. The fourth-order valence-corrected chi connectivity index (χ4v) is 3.24. The number of nitrogens with one attached hydrogen (secondary N) is 1. The van der Waals surface area contributed by atoms with Crippen molar-refractivity contribution in [1.82, 2.24) is 14.9 Å². The Kier molecular flexibility index (Phi) is 4.82. The number of nitriles is 1. The van der Waals surface area contributed by atoms with Gasteiger partial charge in [0.15, 0.2) is 0 Å². The molecule has 0 aromatic carbocycles. The monoisotopic (exact) mass is 274 g/mol. The highest BCUT2D eigenvalue weighted by Crippen LogP contribution is 2.23. The third-order valence-electron chi connectivity index (χ3n) is 4.70. The van der Waals surface area contributed by atoms with E-state index in [2.05, 4.69) is 29.8 Å². The first-order chi connectivity index (χ1) is 9.65. The number of nitrogens with zero attached hydrogens (tertiary/aromatic N) is 3. The summed E-state index contributed by atoms with van der Waals surface area (Å²) >= 11 is 0. The maximum atomic E-state index is 9.35. The van der Waals surface area contributed by atoms with Crippen molar-refractivity contribution in [2.45, 2.75) is 70.9 Å². The second kappa shape index (κ2) is 6.41. The maximum absolute atomic E-state index is 9.35. The Balaban J connectivity index is 2.01. The van der Waals surface area contributed by atoms with Crippen molar-refractivity contribution < 1.29 is 0 Å². The molecular weight excluding hydrogens is 248 g/mol. The second-order valence-electron chi connectivity index (χ2n) is 5.81. The molecule has 4 heteroatoms.